The Balaban J connectivity index is 2.13. The summed E-state index contributed by atoms with van der Waals surface area (Å²) in [7, 11) is 1.52. The third-order valence-electron chi connectivity index (χ3n) is 2.43. The Kier molecular flexibility index (Phi) is 3.82. The number of nitrogens with two attached hydrogens (primary N) is 1. The molecule has 0 unspecified atom stereocenters. The Morgan fingerprint density at radius 1 is 1.26 bits per heavy atom. The predicted molar refractivity (Wildman–Crippen MR) is 69.9 cm³/mol. The lowest BCUT2D eigenvalue weighted by Gasteiger charge is -2.06. The maximum absolute atomic E-state index is 11.5. The van der Waals surface area contributed by atoms with E-state index < -0.39 is 5.97 Å². The van der Waals surface area contributed by atoms with Gasteiger partial charge < -0.3 is 20.3 Å². The minimum absolute atomic E-state index is 0.0670. The molecule has 2 rings (SSSR count). The lowest BCUT2D eigenvalue weighted by molar-refractivity contribution is 0.0510. The molecule has 2 aromatic rings. The number of para-hydroxylation sites is 1. The van der Waals surface area contributed by atoms with Crippen LogP contribution in [0.25, 0.3) is 0 Å². The number of aromatic nitrogens is 1. The quantitative estimate of drug-likeness (QED) is 0.377. The van der Waals surface area contributed by atoms with Crippen molar-refractivity contribution in [3.8, 4) is 5.75 Å². The van der Waals surface area contributed by atoms with Crippen molar-refractivity contribution in [1.82, 2.24) is 4.98 Å². The summed E-state index contributed by atoms with van der Waals surface area (Å²) in [6, 6.07) is 10.3. The summed E-state index contributed by atoms with van der Waals surface area (Å²) < 4.78 is 5.14. The number of methoxy groups -OCH3 is 1. The van der Waals surface area contributed by atoms with Gasteiger partial charge in [-0.25, -0.2) is 4.79 Å². The fourth-order valence-electron chi connectivity index (χ4n) is 1.50. The van der Waals surface area contributed by atoms with Crippen LogP contribution in [0.1, 0.15) is 16.1 Å². The molecule has 1 aromatic heterocycles. The van der Waals surface area contributed by atoms with Crippen molar-refractivity contribution in [2.24, 2.45) is 10.9 Å². The smallest absolute Gasteiger partial charge is 0.381 e. The molecule has 6 heteroatoms. The average Bonchev–Trinajstić information content (AvgIpc) is 2.98. The summed E-state index contributed by atoms with van der Waals surface area (Å²) in [4.78, 5) is 19.0. The number of hydrogen-bond donors (Lipinski definition) is 2. The van der Waals surface area contributed by atoms with Gasteiger partial charge in [0, 0.05) is 6.20 Å². The lowest BCUT2D eigenvalue weighted by atomic mass is 10.2. The van der Waals surface area contributed by atoms with Crippen LogP contribution in [0, 0.1) is 0 Å². The molecule has 0 aliphatic heterocycles. The first-order valence-corrected chi connectivity index (χ1v) is 5.54. The van der Waals surface area contributed by atoms with Crippen molar-refractivity contribution >= 4 is 11.8 Å². The summed E-state index contributed by atoms with van der Waals surface area (Å²) in [5, 5.41) is 3.60. The van der Waals surface area contributed by atoms with E-state index in [2.05, 4.69) is 10.1 Å². The largest absolute Gasteiger partial charge is 0.496 e. The van der Waals surface area contributed by atoms with Crippen molar-refractivity contribution in [2.75, 3.05) is 7.11 Å². The van der Waals surface area contributed by atoms with Crippen LogP contribution in [0.15, 0.2) is 47.8 Å². The number of amidine groups is 1. The van der Waals surface area contributed by atoms with Crippen LogP contribution >= 0.6 is 0 Å². The Hall–Kier alpha value is -2.76. The molecular weight excluding hydrogens is 246 g/mol. The van der Waals surface area contributed by atoms with Gasteiger partial charge >= 0.3 is 5.97 Å². The van der Waals surface area contributed by atoms with Crippen LogP contribution < -0.4 is 10.5 Å². The predicted octanol–water partition coefficient (Wildman–Crippen LogP) is 1.50. The average molecular weight is 259 g/mol. The topological polar surface area (TPSA) is 89.7 Å². The van der Waals surface area contributed by atoms with E-state index in [4.69, 9.17) is 15.3 Å². The number of rotatable bonds is 4. The highest BCUT2D eigenvalue weighted by molar-refractivity contribution is 6.00. The Bertz CT molecular complexity index is 591. The zero-order valence-electron chi connectivity index (χ0n) is 10.3. The number of nitrogens with zero attached hydrogens (tertiary/aromatic N) is 1. The molecule has 0 aliphatic carbocycles. The molecule has 3 N–H and O–H groups in total. The van der Waals surface area contributed by atoms with Crippen LogP contribution in [0.5, 0.6) is 5.75 Å². The highest BCUT2D eigenvalue weighted by Gasteiger charge is 2.10. The van der Waals surface area contributed by atoms with E-state index in [1.165, 1.54) is 7.11 Å². The third-order valence-corrected chi connectivity index (χ3v) is 2.43. The highest BCUT2D eigenvalue weighted by atomic mass is 16.7. The number of nitrogens with one attached hydrogen (secondary N) is 1. The van der Waals surface area contributed by atoms with Crippen molar-refractivity contribution < 1.29 is 14.4 Å². The van der Waals surface area contributed by atoms with Crippen LogP contribution in [-0.2, 0) is 4.84 Å². The van der Waals surface area contributed by atoms with E-state index in [0.29, 0.717) is 17.0 Å². The molecular formula is C13H13N3O3. The molecule has 1 heterocycles. The van der Waals surface area contributed by atoms with Gasteiger partial charge in [0.05, 0.1) is 12.7 Å². The van der Waals surface area contributed by atoms with Crippen molar-refractivity contribution in [3.63, 3.8) is 0 Å². The molecule has 6 nitrogen and oxygen atoms in total. The number of H-pyrrole nitrogens is 1. The first kappa shape index (κ1) is 12.7. The number of carbonyl (C=O) groups excluding carboxylic acids is 1. The van der Waals surface area contributed by atoms with E-state index in [0.717, 1.165) is 0 Å². The monoisotopic (exact) mass is 259 g/mol. The summed E-state index contributed by atoms with van der Waals surface area (Å²) in [5.41, 5.74) is 6.62. The van der Waals surface area contributed by atoms with Gasteiger partial charge in [-0.2, -0.15) is 0 Å². The van der Waals surface area contributed by atoms with E-state index in [1.54, 1.807) is 42.6 Å². The maximum Gasteiger partial charge on any atom is 0.381 e. The van der Waals surface area contributed by atoms with Crippen molar-refractivity contribution in [3.05, 3.63) is 53.9 Å². The first-order valence-electron chi connectivity index (χ1n) is 5.54. The van der Waals surface area contributed by atoms with Gasteiger partial charge in [0.1, 0.15) is 11.4 Å². The molecule has 0 radical (unpaired) electrons. The van der Waals surface area contributed by atoms with Gasteiger partial charge in [0.25, 0.3) is 0 Å². The summed E-state index contributed by atoms with van der Waals surface area (Å²) in [6.07, 6.45) is 1.61. The molecule has 0 amide bonds. The van der Waals surface area contributed by atoms with Crippen LogP contribution in [-0.4, -0.2) is 23.9 Å². The second kappa shape index (κ2) is 5.72. The molecule has 0 fully saturated rings. The minimum atomic E-state index is -0.608. The molecule has 1 aromatic carbocycles. The molecule has 0 saturated carbocycles. The number of hydrogen-bond acceptors (Lipinski definition) is 4. The number of carbonyl (C=O) groups is 1. The fourth-order valence-corrected chi connectivity index (χ4v) is 1.50. The van der Waals surface area contributed by atoms with Gasteiger partial charge in [-0.1, -0.05) is 17.3 Å². The highest BCUT2D eigenvalue weighted by Crippen LogP contribution is 2.16. The standard InChI is InChI=1S/C13H13N3O3/c1-18-11-7-3-2-5-9(11)12(14)16-19-13(17)10-6-4-8-15-10/h2-8,15H,1H3,(H2,14,16). The number of ether oxygens (including phenoxy) is 1. The van der Waals surface area contributed by atoms with Gasteiger partial charge in [0.2, 0.25) is 0 Å². The maximum atomic E-state index is 11.5. The molecule has 0 saturated heterocycles. The van der Waals surface area contributed by atoms with Crippen molar-refractivity contribution in [1.29, 1.82) is 0 Å². The first-order chi connectivity index (χ1) is 9.22. The summed E-state index contributed by atoms with van der Waals surface area (Å²) >= 11 is 0. The number of aromatic amines is 1. The molecule has 0 atom stereocenters. The van der Waals surface area contributed by atoms with Crippen LogP contribution in [0.2, 0.25) is 0 Å². The Morgan fingerprint density at radius 2 is 2.05 bits per heavy atom. The normalized spacial score (nSPS) is 11.1. The molecule has 19 heavy (non-hydrogen) atoms. The van der Waals surface area contributed by atoms with Crippen LogP contribution in [0.3, 0.4) is 0 Å². The van der Waals surface area contributed by atoms with Crippen molar-refractivity contribution in [2.45, 2.75) is 0 Å². The van der Waals surface area contributed by atoms with E-state index in [-0.39, 0.29) is 5.84 Å². The fraction of sp³-hybridized carbons (Fsp3) is 0.0769. The Labute approximate surface area is 109 Å². The van der Waals surface area contributed by atoms with Gasteiger partial charge in [-0.3, -0.25) is 0 Å². The van der Waals surface area contributed by atoms with E-state index in [1.807, 2.05) is 0 Å². The van der Waals surface area contributed by atoms with Gasteiger partial charge in [-0.15, -0.1) is 0 Å². The SMILES string of the molecule is COc1ccccc1/C(N)=N/OC(=O)c1ccc[nH]1. The minimum Gasteiger partial charge on any atom is -0.496 e. The zero-order chi connectivity index (χ0) is 13.7. The number of benzene rings is 1. The molecule has 0 bridgehead atoms. The third kappa shape index (κ3) is 2.92. The molecule has 0 spiro atoms. The lowest BCUT2D eigenvalue weighted by Crippen LogP contribution is -2.16. The molecule has 98 valence electrons. The summed E-state index contributed by atoms with van der Waals surface area (Å²) in [5.74, 6) is 0.0138. The van der Waals surface area contributed by atoms with E-state index >= 15 is 0 Å². The van der Waals surface area contributed by atoms with Gasteiger partial charge in [-0.05, 0) is 24.3 Å². The number of oxime groups is 1. The van der Waals surface area contributed by atoms with Crippen LogP contribution in [0.4, 0.5) is 0 Å². The second-order valence-electron chi connectivity index (χ2n) is 3.64. The zero-order valence-corrected chi connectivity index (χ0v) is 10.3. The Morgan fingerprint density at radius 3 is 2.74 bits per heavy atom. The molecule has 0 aliphatic rings. The second-order valence-corrected chi connectivity index (χ2v) is 3.64. The van der Waals surface area contributed by atoms with E-state index in [9.17, 15) is 4.79 Å². The summed E-state index contributed by atoms with van der Waals surface area (Å²) in [6.45, 7) is 0. The van der Waals surface area contributed by atoms with Gasteiger partial charge in [0.15, 0.2) is 5.84 Å².